The van der Waals surface area contributed by atoms with Gasteiger partial charge in [0, 0.05) is 49.8 Å². The summed E-state index contributed by atoms with van der Waals surface area (Å²) in [6.07, 6.45) is 2.28. The molecule has 0 bridgehead atoms. The molecule has 1 saturated heterocycles. The van der Waals surface area contributed by atoms with Gasteiger partial charge in [-0.25, -0.2) is 17.5 Å². The van der Waals surface area contributed by atoms with Crippen molar-refractivity contribution in [1.82, 2.24) is 15.0 Å². The number of rotatable bonds is 7. The highest BCUT2D eigenvalue weighted by Gasteiger charge is 2.20. The monoisotopic (exact) mass is 432 g/mol. The molecule has 2 aromatic carbocycles. The number of hydrogen-bond donors (Lipinski definition) is 3. The molecule has 2 heterocycles. The average molecular weight is 433 g/mol. The van der Waals surface area contributed by atoms with E-state index in [1.807, 2.05) is 0 Å². The molecule has 160 valence electrons. The first-order valence-electron chi connectivity index (χ1n) is 9.87. The first-order valence-corrected chi connectivity index (χ1v) is 11.3. The molecule has 1 aliphatic rings. The molecule has 30 heavy (non-hydrogen) atoms. The number of sulfonamides is 1. The molecule has 0 atom stereocenters. The highest BCUT2D eigenvalue weighted by molar-refractivity contribution is 7.89. The standard InChI is InChI=1S/C21H25FN4O3S/c1-29-21-5-3-17(13-20(21)26-10-8-23-9-11-26)30(27,28)25-7-6-15-14-24-19-12-16(22)2-4-18(15)19/h2-5,12-14,23-25H,6-11H2,1H3. The number of H-pyrrole nitrogens is 1. The van der Waals surface area contributed by atoms with Gasteiger partial charge >= 0.3 is 0 Å². The van der Waals surface area contributed by atoms with Gasteiger partial charge in [0.25, 0.3) is 0 Å². The molecule has 4 rings (SSSR count). The number of hydrogen-bond acceptors (Lipinski definition) is 5. The number of benzene rings is 2. The number of aromatic amines is 1. The number of nitrogens with zero attached hydrogens (tertiary/aromatic N) is 1. The molecule has 9 heteroatoms. The van der Waals surface area contributed by atoms with Gasteiger partial charge < -0.3 is 19.9 Å². The summed E-state index contributed by atoms with van der Waals surface area (Å²) >= 11 is 0. The van der Waals surface area contributed by atoms with Crippen LogP contribution in [0.15, 0.2) is 47.5 Å². The molecule has 3 aromatic rings. The van der Waals surface area contributed by atoms with Crippen LogP contribution in [0, 0.1) is 5.82 Å². The molecular formula is C21H25FN4O3S. The maximum Gasteiger partial charge on any atom is 0.240 e. The van der Waals surface area contributed by atoms with E-state index in [0.717, 1.165) is 42.8 Å². The van der Waals surface area contributed by atoms with Gasteiger partial charge in [-0.3, -0.25) is 0 Å². The summed E-state index contributed by atoms with van der Waals surface area (Å²) in [6.45, 7) is 3.49. The molecule has 0 aliphatic carbocycles. The first kappa shape index (κ1) is 20.6. The lowest BCUT2D eigenvalue weighted by molar-refractivity contribution is 0.412. The summed E-state index contributed by atoms with van der Waals surface area (Å²) in [6, 6.07) is 9.45. The summed E-state index contributed by atoms with van der Waals surface area (Å²) in [5.41, 5.74) is 2.41. The minimum absolute atomic E-state index is 0.206. The summed E-state index contributed by atoms with van der Waals surface area (Å²) in [4.78, 5) is 5.35. The maximum atomic E-state index is 13.3. The fraction of sp³-hybridized carbons (Fsp3) is 0.333. The normalized spacial score (nSPS) is 14.9. The van der Waals surface area contributed by atoms with Crippen LogP contribution in [-0.2, 0) is 16.4 Å². The predicted octanol–water partition coefficient (Wildman–Crippen LogP) is 2.25. The molecule has 0 unspecified atom stereocenters. The van der Waals surface area contributed by atoms with Crippen LogP contribution < -0.4 is 19.7 Å². The number of methoxy groups -OCH3 is 1. The van der Waals surface area contributed by atoms with Crippen molar-refractivity contribution in [2.75, 3.05) is 44.7 Å². The summed E-state index contributed by atoms with van der Waals surface area (Å²) < 4.78 is 47.2. The molecule has 7 nitrogen and oxygen atoms in total. The van der Waals surface area contributed by atoms with Gasteiger partial charge in [-0.05, 0) is 48.4 Å². The summed E-state index contributed by atoms with van der Waals surface area (Å²) in [5.74, 6) is 0.346. The Labute approximate surface area is 175 Å². The van der Waals surface area contributed by atoms with Crippen molar-refractivity contribution in [3.63, 3.8) is 0 Å². The van der Waals surface area contributed by atoms with Crippen molar-refractivity contribution < 1.29 is 17.5 Å². The Morgan fingerprint density at radius 2 is 1.97 bits per heavy atom. The third kappa shape index (κ3) is 4.28. The van der Waals surface area contributed by atoms with Crippen LogP contribution in [0.2, 0.25) is 0 Å². The Bertz CT molecular complexity index is 1140. The fourth-order valence-corrected chi connectivity index (χ4v) is 4.81. The highest BCUT2D eigenvalue weighted by atomic mass is 32.2. The Hall–Kier alpha value is -2.62. The van der Waals surface area contributed by atoms with Crippen LogP contribution in [0.5, 0.6) is 5.75 Å². The van der Waals surface area contributed by atoms with E-state index in [1.165, 1.54) is 12.1 Å². The van der Waals surface area contributed by atoms with E-state index in [1.54, 1.807) is 37.6 Å². The Morgan fingerprint density at radius 1 is 1.17 bits per heavy atom. The molecule has 0 saturated carbocycles. The van der Waals surface area contributed by atoms with E-state index in [4.69, 9.17) is 4.74 Å². The second kappa shape index (κ2) is 8.63. The number of aromatic nitrogens is 1. The van der Waals surface area contributed by atoms with E-state index in [9.17, 15) is 12.8 Å². The van der Waals surface area contributed by atoms with Gasteiger partial charge in [-0.1, -0.05) is 0 Å². The van der Waals surface area contributed by atoms with Gasteiger partial charge in [-0.2, -0.15) is 0 Å². The van der Waals surface area contributed by atoms with Gasteiger partial charge in [0.1, 0.15) is 11.6 Å². The highest BCUT2D eigenvalue weighted by Crippen LogP contribution is 2.31. The predicted molar refractivity (Wildman–Crippen MR) is 115 cm³/mol. The lowest BCUT2D eigenvalue weighted by atomic mass is 10.1. The van der Waals surface area contributed by atoms with Crippen molar-refractivity contribution in [2.45, 2.75) is 11.3 Å². The Balaban J connectivity index is 1.48. The zero-order valence-corrected chi connectivity index (χ0v) is 17.6. The van der Waals surface area contributed by atoms with Crippen LogP contribution >= 0.6 is 0 Å². The molecule has 0 radical (unpaired) electrons. The zero-order valence-electron chi connectivity index (χ0n) is 16.7. The topological polar surface area (TPSA) is 86.5 Å². The number of piperazine rings is 1. The number of halogens is 1. The average Bonchev–Trinajstić information content (AvgIpc) is 3.15. The lowest BCUT2D eigenvalue weighted by Gasteiger charge is -2.30. The quantitative estimate of drug-likeness (QED) is 0.533. The fourth-order valence-electron chi connectivity index (χ4n) is 3.76. The van der Waals surface area contributed by atoms with Gasteiger partial charge in [0.15, 0.2) is 0 Å². The Kier molecular flexibility index (Phi) is 5.94. The minimum Gasteiger partial charge on any atom is -0.495 e. The molecule has 1 aromatic heterocycles. The van der Waals surface area contributed by atoms with Crippen LogP contribution in [0.1, 0.15) is 5.56 Å². The molecular weight excluding hydrogens is 407 g/mol. The minimum atomic E-state index is -3.68. The second-order valence-corrected chi connectivity index (χ2v) is 8.99. The molecule has 1 aliphatic heterocycles. The number of ether oxygens (including phenoxy) is 1. The van der Waals surface area contributed by atoms with Crippen molar-refractivity contribution in [3.8, 4) is 5.75 Å². The molecule has 3 N–H and O–H groups in total. The van der Waals surface area contributed by atoms with E-state index >= 15 is 0 Å². The van der Waals surface area contributed by atoms with Crippen LogP contribution in [0.4, 0.5) is 10.1 Å². The van der Waals surface area contributed by atoms with Crippen LogP contribution in [-0.4, -0.2) is 53.2 Å². The molecule has 1 fully saturated rings. The van der Waals surface area contributed by atoms with Crippen molar-refractivity contribution in [1.29, 1.82) is 0 Å². The summed E-state index contributed by atoms with van der Waals surface area (Å²) in [5, 5.41) is 4.18. The number of anilines is 1. The third-order valence-corrected chi connectivity index (χ3v) is 6.79. The maximum absolute atomic E-state index is 13.3. The third-order valence-electron chi connectivity index (χ3n) is 5.33. The largest absolute Gasteiger partial charge is 0.495 e. The lowest BCUT2D eigenvalue weighted by Crippen LogP contribution is -2.43. The molecule has 0 amide bonds. The van der Waals surface area contributed by atoms with E-state index in [0.29, 0.717) is 17.7 Å². The smallest absolute Gasteiger partial charge is 0.240 e. The molecule has 0 spiro atoms. The first-order chi connectivity index (χ1) is 14.5. The SMILES string of the molecule is COc1ccc(S(=O)(=O)NCCc2c[nH]c3cc(F)ccc23)cc1N1CCNCC1. The van der Waals surface area contributed by atoms with Gasteiger partial charge in [-0.15, -0.1) is 0 Å². The van der Waals surface area contributed by atoms with Gasteiger partial charge in [0.2, 0.25) is 10.0 Å². The number of fused-ring (bicyclic) bond motifs is 1. The van der Waals surface area contributed by atoms with Crippen molar-refractivity contribution in [3.05, 3.63) is 54.0 Å². The van der Waals surface area contributed by atoms with E-state index in [2.05, 4.69) is 19.9 Å². The van der Waals surface area contributed by atoms with Crippen LogP contribution in [0.3, 0.4) is 0 Å². The van der Waals surface area contributed by atoms with Crippen molar-refractivity contribution in [2.24, 2.45) is 0 Å². The zero-order chi connectivity index (χ0) is 21.1. The summed E-state index contributed by atoms with van der Waals surface area (Å²) in [7, 11) is -2.09. The second-order valence-electron chi connectivity index (χ2n) is 7.22. The Morgan fingerprint density at radius 3 is 2.73 bits per heavy atom. The van der Waals surface area contributed by atoms with E-state index < -0.39 is 10.0 Å². The van der Waals surface area contributed by atoms with E-state index in [-0.39, 0.29) is 17.3 Å². The van der Waals surface area contributed by atoms with Gasteiger partial charge in [0.05, 0.1) is 17.7 Å². The van der Waals surface area contributed by atoms with Crippen molar-refractivity contribution >= 4 is 26.6 Å². The van der Waals surface area contributed by atoms with Crippen LogP contribution in [0.25, 0.3) is 10.9 Å². The number of nitrogens with one attached hydrogen (secondary N) is 3.